The third-order valence-corrected chi connectivity index (χ3v) is 6.76. The molecule has 0 spiro atoms. The van der Waals surface area contributed by atoms with Gasteiger partial charge in [-0.2, -0.15) is 0 Å². The van der Waals surface area contributed by atoms with Crippen LogP contribution >= 0.6 is 23.1 Å². The fraction of sp³-hybridized carbons (Fsp3) is 0.263. The van der Waals surface area contributed by atoms with E-state index in [-0.39, 0.29) is 11.8 Å². The van der Waals surface area contributed by atoms with E-state index in [2.05, 4.69) is 20.8 Å². The maximum Gasteiger partial charge on any atom is 0.269 e. The molecule has 0 aliphatic heterocycles. The lowest BCUT2D eigenvalue weighted by Gasteiger charge is -2.13. The lowest BCUT2D eigenvalue weighted by Crippen LogP contribution is -2.44. The van der Waals surface area contributed by atoms with Gasteiger partial charge in [0.2, 0.25) is 0 Å². The van der Waals surface area contributed by atoms with Crippen LogP contribution in [-0.2, 0) is 17.6 Å². The van der Waals surface area contributed by atoms with E-state index in [1.54, 1.807) is 48.9 Å². The molecule has 2 amide bonds. The Balaban J connectivity index is 1.43. The van der Waals surface area contributed by atoms with Gasteiger partial charge in [0.05, 0.1) is 5.25 Å². The molecular formula is C19H18N4O2S2. The van der Waals surface area contributed by atoms with Gasteiger partial charge in [-0.05, 0) is 43.9 Å². The molecule has 2 aromatic heterocycles. The Labute approximate surface area is 164 Å². The molecular weight excluding hydrogens is 380 g/mol. The van der Waals surface area contributed by atoms with Crippen LogP contribution in [0.4, 0.5) is 0 Å². The molecule has 1 aliphatic rings. The van der Waals surface area contributed by atoms with E-state index >= 15 is 0 Å². The van der Waals surface area contributed by atoms with Gasteiger partial charge in [0.15, 0.2) is 0 Å². The molecule has 138 valence electrons. The summed E-state index contributed by atoms with van der Waals surface area (Å²) >= 11 is 3.12. The van der Waals surface area contributed by atoms with Crippen molar-refractivity contribution >= 4 is 45.1 Å². The predicted molar refractivity (Wildman–Crippen MR) is 107 cm³/mol. The van der Waals surface area contributed by atoms with Gasteiger partial charge in [0.1, 0.15) is 16.2 Å². The number of thiophene rings is 1. The van der Waals surface area contributed by atoms with Gasteiger partial charge in [-0.15, -0.1) is 11.3 Å². The van der Waals surface area contributed by atoms with Gasteiger partial charge in [-0.3, -0.25) is 20.4 Å². The quantitative estimate of drug-likeness (QED) is 0.401. The second kappa shape index (κ2) is 7.66. The lowest BCUT2D eigenvalue weighted by molar-refractivity contribution is -0.121. The first-order valence-corrected chi connectivity index (χ1v) is 10.4. The molecule has 0 radical (unpaired) electrons. The van der Waals surface area contributed by atoms with Gasteiger partial charge in [-0.1, -0.05) is 30.0 Å². The minimum Gasteiger partial charge on any atom is -0.272 e. The number of rotatable bonds is 4. The number of hydrogen-bond acceptors (Lipinski definition) is 6. The molecule has 0 saturated heterocycles. The maximum atomic E-state index is 12.4. The third kappa shape index (κ3) is 3.68. The number of amides is 2. The molecule has 0 saturated carbocycles. The Morgan fingerprint density at radius 2 is 1.96 bits per heavy atom. The van der Waals surface area contributed by atoms with E-state index in [1.807, 2.05) is 6.07 Å². The Bertz CT molecular complexity index is 1000. The van der Waals surface area contributed by atoms with Gasteiger partial charge < -0.3 is 0 Å². The highest BCUT2D eigenvalue weighted by Crippen LogP contribution is 2.40. The molecule has 8 heteroatoms. The van der Waals surface area contributed by atoms with Gasteiger partial charge in [-0.25, -0.2) is 9.97 Å². The van der Waals surface area contributed by atoms with E-state index in [1.165, 1.54) is 22.2 Å². The van der Waals surface area contributed by atoms with Crippen molar-refractivity contribution in [3.8, 4) is 0 Å². The standard InChI is InChI=1S/C19H18N4O2S2/c1-11(16(24)22-23-17(25)12-6-3-2-4-7-12)26-18-15-13-8-5-9-14(13)27-19(15)21-10-20-18/h2-4,6-7,10-11H,5,8-9H2,1H3,(H,22,24)(H,23,25)/t11-/m1/s1. The molecule has 1 atom stereocenters. The number of aromatic nitrogens is 2. The van der Waals surface area contributed by atoms with E-state index in [0.717, 1.165) is 34.5 Å². The van der Waals surface area contributed by atoms with E-state index in [0.29, 0.717) is 5.56 Å². The van der Waals surface area contributed by atoms with Crippen LogP contribution in [0.5, 0.6) is 0 Å². The van der Waals surface area contributed by atoms with Crippen molar-refractivity contribution in [2.75, 3.05) is 0 Å². The Morgan fingerprint density at radius 3 is 2.78 bits per heavy atom. The zero-order chi connectivity index (χ0) is 18.8. The first-order chi connectivity index (χ1) is 13.1. The van der Waals surface area contributed by atoms with Gasteiger partial charge in [0, 0.05) is 15.8 Å². The summed E-state index contributed by atoms with van der Waals surface area (Å²) in [6, 6.07) is 8.75. The number of hydrogen-bond donors (Lipinski definition) is 2. The predicted octanol–water partition coefficient (Wildman–Crippen LogP) is 3.12. The van der Waals surface area contributed by atoms with Crippen LogP contribution < -0.4 is 10.9 Å². The summed E-state index contributed by atoms with van der Waals surface area (Å²) < 4.78 is 0. The van der Waals surface area contributed by atoms with Crippen molar-refractivity contribution in [2.45, 2.75) is 36.5 Å². The number of benzene rings is 1. The van der Waals surface area contributed by atoms with Crippen LogP contribution in [0.25, 0.3) is 10.2 Å². The van der Waals surface area contributed by atoms with E-state index in [4.69, 9.17) is 0 Å². The second-order valence-corrected chi connectivity index (χ2v) is 8.70. The topological polar surface area (TPSA) is 84.0 Å². The SMILES string of the molecule is C[C@@H](Sc1ncnc2sc3c(c12)CCC3)C(=O)NNC(=O)c1ccccc1. The molecule has 0 fully saturated rings. The van der Waals surface area contributed by atoms with Crippen LogP contribution in [0, 0.1) is 0 Å². The molecule has 0 bridgehead atoms. The molecule has 27 heavy (non-hydrogen) atoms. The number of carbonyl (C=O) groups is 2. The maximum absolute atomic E-state index is 12.4. The van der Waals surface area contributed by atoms with Gasteiger partial charge >= 0.3 is 0 Å². The summed E-state index contributed by atoms with van der Waals surface area (Å²) in [5.41, 5.74) is 6.78. The second-order valence-electron chi connectivity index (χ2n) is 6.29. The highest BCUT2D eigenvalue weighted by atomic mass is 32.2. The molecule has 1 aromatic carbocycles. The zero-order valence-electron chi connectivity index (χ0n) is 14.7. The van der Waals surface area contributed by atoms with Crippen molar-refractivity contribution in [3.05, 3.63) is 52.7 Å². The fourth-order valence-corrected chi connectivity index (χ4v) is 5.33. The van der Waals surface area contributed by atoms with E-state index < -0.39 is 5.25 Å². The van der Waals surface area contributed by atoms with Crippen LogP contribution in [0.15, 0.2) is 41.7 Å². The normalized spacial score (nSPS) is 14.0. The smallest absolute Gasteiger partial charge is 0.269 e. The van der Waals surface area contributed by atoms with Crippen molar-refractivity contribution in [2.24, 2.45) is 0 Å². The third-order valence-electron chi connectivity index (χ3n) is 4.46. The molecule has 6 nitrogen and oxygen atoms in total. The first-order valence-electron chi connectivity index (χ1n) is 8.70. The number of aryl methyl sites for hydroxylation is 2. The zero-order valence-corrected chi connectivity index (χ0v) is 16.3. The Morgan fingerprint density at radius 1 is 1.15 bits per heavy atom. The van der Waals surface area contributed by atoms with Crippen molar-refractivity contribution in [3.63, 3.8) is 0 Å². The van der Waals surface area contributed by atoms with Crippen molar-refractivity contribution in [1.82, 2.24) is 20.8 Å². The number of fused-ring (bicyclic) bond motifs is 3. The number of nitrogens with zero attached hydrogens (tertiary/aromatic N) is 2. The first kappa shape index (κ1) is 17.9. The van der Waals surface area contributed by atoms with Crippen LogP contribution in [0.3, 0.4) is 0 Å². The summed E-state index contributed by atoms with van der Waals surface area (Å²) in [5.74, 6) is -0.621. The fourth-order valence-electron chi connectivity index (χ4n) is 3.09. The summed E-state index contributed by atoms with van der Waals surface area (Å²) in [6.07, 6.45) is 4.86. The molecule has 0 unspecified atom stereocenters. The summed E-state index contributed by atoms with van der Waals surface area (Å²) in [4.78, 5) is 35.6. The highest BCUT2D eigenvalue weighted by molar-refractivity contribution is 8.00. The van der Waals surface area contributed by atoms with Crippen LogP contribution in [-0.4, -0.2) is 27.0 Å². The summed E-state index contributed by atoms with van der Waals surface area (Å²) in [7, 11) is 0. The summed E-state index contributed by atoms with van der Waals surface area (Å²) in [5, 5.41) is 1.51. The Kier molecular flexibility index (Phi) is 5.09. The minimum atomic E-state index is -0.406. The summed E-state index contributed by atoms with van der Waals surface area (Å²) in [6.45, 7) is 1.80. The van der Waals surface area contributed by atoms with Gasteiger partial charge in [0.25, 0.3) is 11.8 Å². The van der Waals surface area contributed by atoms with E-state index in [9.17, 15) is 9.59 Å². The van der Waals surface area contributed by atoms with Crippen molar-refractivity contribution < 1.29 is 9.59 Å². The average molecular weight is 399 g/mol. The molecule has 1 aliphatic carbocycles. The Hall–Kier alpha value is -2.45. The van der Waals surface area contributed by atoms with Crippen LogP contribution in [0.1, 0.15) is 34.1 Å². The number of thioether (sulfide) groups is 1. The molecule has 4 rings (SSSR count). The minimum absolute atomic E-state index is 0.275. The molecule has 2 heterocycles. The molecule has 2 N–H and O–H groups in total. The molecule has 3 aromatic rings. The highest BCUT2D eigenvalue weighted by Gasteiger charge is 2.24. The van der Waals surface area contributed by atoms with Crippen LogP contribution in [0.2, 0.25) is 0 Å². The van der Waals surface area contributed by atoms with Crippen molar-refractivity contribution in [1.29, 1.82) is 0 Å². The lowest BCUT2D eigenvalue weighted by atomic mass is 10.2. The number of hydrazine groups is 1. The number of nitrogens with one attached hydrogen (secondary N) is 2. The monoisotopic (exact) mass is 398 g/mol. The largest absolute Gasteiger partial charge is 0.272 e. The number of carbonyl (C=O) groups excluding carboxylic acids is 2. The average Bonchev–Trinajstić information content (AvgIpc) is 3.27.